The third-order valence-electron chi connectivity index (χ3n) is 6.69. The molecule has 0 bridgehead atoms. The van der Waals surface area contributed by atoms with Gasteiger partial charge in [0.05, 0.1) is 12.2 Å². The van der Waals surface area contributed by atoms with Crippen LogP contribution in [0.15, 0.2) is 12.3 Å². The van der Waals surface area contributed by atoms with Crippen molar-refractivity contribution in [2.75, 3.05) is 11.9 Å². The van der Waals surface area contributed by atoms with E-state index in [-0.39, 0.29) is 18.4 Å². The monoisotopic (exact) mass is 387 g/mol. The van der Waals surface area contributed by atoms with Crippen LogP contribution in [0.3, 0.4) is 0 Å². The van der Waals surface area contributed by atoms with Gasteiger partial charge in [0.25, 0.3) is 5.91 Å². The number of hydrogen-bond donors (Lipinski definition) is 2. The molecule has 1 aromatic rings. The van der Waals surface area contributed by atoms with Gasteiger partial charge in [-0.2, -0.15) is 5.10 Å². The van der Waals surface area contributed by atoms with E-state index in [1.165, 1.54) is 12.8 Å². The maximum absolute atomic E-state index is 12.9. The zero-order valence-corrected chi connectivity index (χ0v) is 16.4. The fourth-order valence-corrected chi connectivity index (χ4v) is 4.92. The van der Waals surface area contributed by atoms with Crippen LogP contribution in [0.2, 0.25) is 0 Å². The highest BCUT2D eigenvalue weighted by Crippen LogP contribution is 2.37. The van der Waals surface area contributed by atoms with Gasteiger partial charge in [-0.05, 0) is 44.4 Å². The number of rotatable bonds is 5. The van der Waals surface area contributed by atoms with Gasteiger partial charge in [-0.1, -0.05) is 26.2 Å². The normalized spacial score (nSPS) is 28.2. The van der Waals surface area contributed by atoms with Gasteiger partial charge in [0.1, 0.15) is 17.9 Å². The minimum atomic E-state index is -0.811. The smallest absolute Gasteiger partial charge is 0.323 e. The number of amides is 4. The molecular weight excluding hydrogens is 358 g/mol. The lowest BCUT2D eigenvalue weighted by Gasteiger charge is -2.34. The second kappa shape index (κ2) is 7.56. The van der Waals surface area contributed by atoms with E-state index in [0.717, 1.165) is 37.0 Å². The molecule has 8 nitrogen and oxygen atoms in total. The average molecular weight is 387 g/mol. The first-order valence-corrected chi connectivity index (χ1v) is 10.5. The molecule has 1 aliphatic heterocycles. The van der Waals surface area contributed by atoms with Crippen LogP contribution in [-0.2, 0) is 9.59 Å². The molecule has 152 valence electrons. The minimum Gasteiger partial charge on any atom is -0.323 e. The van der Waals surface area contributed by atoms with Crippen molar-refractivity contribution in [2.45, 2.75) is 76.3 Å². The van der Waals surface area contributed by atoms with Crippen LogP contribution in [0.1, 0.15) is 70.8 Å². The first-order chi connectivity index (χ1) is 13.5. The van der Waals surface area contributed by atoms with Crippen LogP contribution >= 0.6 is 0 Å². The summed E-state index contributed by atoms with van der Waals surface area (Å²) in [7, 11) is 0. The standard InChI is InChI=1S/C20H29N5O3/c1-2-14-7-10-20(11-8-14)18(27)24(19(28)23-20)13-17(26)22-16-9-12-21-25(16)15-5-3-4-6-15/h9,12,14-15H,2-8,10-11,13H2,1H3,(H,22,26)(H,23,28). The third-order valence-corrected chi connectivity index (χ3v) is 6.69. The maximum Gasteiger partial charge on any atom is 0.325 e. The number of nitrogens with one attached hydrogen (secondary N) is 2. The molecule has 8 heteroatoms. The van der Waals surface area contributed by atoms with Crippen molar-refractivity contribution in [2.24, 2.45) is 5.92 Å². The van der Waals surface area contributed by atoms with Crippen molar-refractivity contribution in [3.8, 4) is 0 Å². The summed E-state index contributed by atoms with van der Waals surface area (Å²) in [6.45, 7) is 1.89. The molecule has 1 saturated heterocycles. The summed E-state index contributed by atoms with van der Waals surface area (Å²) >= 11 is 0. The van der Waals surface area contributed by atoms with Crippen LogP contribution in [0.4, 0.5) is 10.6 Å². The van der Waals surface area contributed by atoms with Crippen molar-refractivity contribution >= 4 is 23.7 Å². The predicted molar refractivity (Wildman–Crippen MR) is 104 cm³/mol. The molecule has 0 radical (unpaired) electrons. The summed E-state index contributed by atoms with van der Waals surface area (Å²) in [5.41, 5.74) is -0.811. The Morgan fingerprint density at radius 2 is 1.96 bits per heavy atom. The molecule has 2 N–H and O–H groups in total. The van der Waals surface area contributed by atoms with Gasteiger partial charge < -0.3 is 10.6 Å². The molecule has 0 unspecified atom stereocenters. The second-order valence-corrected chi connectivity index (χ2v) is 8.40. The summed E-state index contributed by atoms with van der Waals surface area (Å²) in [4.78, 5) is 39.0. The molecule has 1 spiro atoms. The molecule has 2 heterocycles. The molecule has 28 heavy (non-hydrogen) atoms. The van der Waals surface area contributed by atoms with E-state index in [9.17, 15) is 14.4 Å². The average Bonchev–Trinajstić information content (AvgIpc) is 3.41. The van der Waals surface area contributed by atoms with Gasteiger partial charge in [0.2, 0.25) is 5.91 Å². The zero-order chi connectivity index (χ0) is 19.7. The van der Waals surface area contributed by atoms with E-state index in [2.05, 4.69) is 22.7 Å². The fraction of sp³-hybridized carbons (Fsp3) is 0.700. The Hall–Kier alpha value is -2.38. The van der Waals surface area contributed by atoms with Gasteiger partial charge in [0.15, 0.2) is 0 Å². The molecule has 4 amide bonds. The number of hydrogen-bond acceptors (Lipinski definition) is 4. The lowest BCUT2D eigenvalue weighted by molar-refractivity contribution is -0.135. The van der Waals surface area contributed by atoms with Gasteiger partial charge in [0, 0.05) is 6.07 Å². The molecule has 3 aliphatic rings. The molecule has 0 aromatic carbocycles. The molecule has 4 rings (SSSR count). The highest BCUT2D eigenvalue weighted by Gasteiger charge is 2.52. The lowest BCUT2D eigenvalue weighted by Crippen LogP contribution is -2.49. The lowest BCUT2D eigenvalue weighted by atomic mass is 9.75. The van der Waals surface area contributed by atoms with Crippen molar-refractivity contribution in [3.05, 3.63) is 12.3 Å². The fourth-order valence-electron chi connectivity index (χ4n) is 4.92. The van der Waals surface area contributed by atoms with E-state index in [1.807, 2.05) is 4.68 Å². The number of imide groups is 1. The maximum atomic E-state index is 12.9. The Morgan fingerprint density at radius 3 is 2.64 bits per heavy atom. The van der Waals surface area contributed by atoms with E-state index < -0.39 is 11.6 Å². The van der Waals surface area contributed by atoms with Crippen LogP contribution in [0, 0.1) is 5.92 Å². The van der Waals surface area contributed by atoms with Gasteiger partial charge in [-0.25, -0.2) is 9.48 Å². The summed E-state index contributed by atoms with van der Waals surface area (Å²) in [5, 5.41) is 10.0. The number of urea groups is 1. The van der Waals surface area contributed by atoms with E-state index in [4.69, 9.17) is 0 Å². The van der Waals surface area contributed by atoms with E-state index >= 15 is 0 Å². The van der Waals surface area contributed by atoms with Crippen molar-refractivity contribution in [1.29, 1.82) is 0 Å². The zero-order valence-electron chi connectivity index (χ0n) is 16.4. The second-order valence-electron chi connectivity index (χ2n) is 8.40. The quantitative estimate of drug-likeness (QED) is 0.759. The molecular formula is C20H29N5O3. The van der Waals surface area contributed by atoms with E-state index in [0.29, 0.717) is 30.6 Å². The molecule has 2 saturated carbocycles. The molecule has 2 aliphatic carbocycles. The van der Waals surface area contributed by atoms with Crippen LogP contribution in [0.25, 0.3) is 0 Å². The minimum absolute atomic E-state index is 0.258. The molecule has 0 atom stereocenters. The van der Waals surface area contributed by atoms with Gasteiger partial charge in [-0.15, -0.1) is 0 Å². The summed E-state index contributed by atoms with van der Waals surface area (Å²) in [5.74, 6) is 0.611. The van der Waals surface area contributed by atoms with Gasteiger partial charge in [-0.3, -0.25) is 14.5 Å². The SMILES string of the molecule is CCC1CCC2(CC1)NC(=O)N(CC(=O)Nc1ccnn1C1CCCC1)C2=O. The van der Waals surface area contributed by atoms with Crippen molar-refractivity contribution < 1.29 is 14.4 Å². The third kappa shape index (κ3) is 3.40. The number of carbonyl (C=O) groups is 3. The largest absolute Gasteiger partial charge is 0.325 e. The van der Waals surface area contributed by atoms with Crippen LogP contribution < -0.4 is 10.6 Å². The van der Waals surface area contributed by atoms with Crippen molar-refractivity contribution in [3.63, 3.8) is 0 Å². The Balaban J connectivity index is 1.39. The Morgan fingerprint density at radius 1 is 1.25 bits per heavy atom. The summed E-state index contributed by atoms with van der Waals surface area (Å²) in [6, 6.07) is 1.61. The van der Waals surface area contributed by atoms with Crippen molar-refractivity contribution in [1.82, 2.24) is 20.0 Å². The number of nitrogens with zero attached hydrogens (tertiary/aromatic N) is 3. The Labute approximate surface area is 165 Å². The number of aromatic nitrogens is 2. The van der Waals surface area contributed by atoms with Gasteiger partial charge >= 0.3 is 6.03 Å². The summed E-state index contributed by atoms with van der Waals surface area (Å²) < 4.78 is 1.85. The van der Waals surface area contributed by atoms with Crippen LogP contribution in [0.5, 0.6) is 0 Å². The highest BCUT2D eigenvalue weighted by molar-refractivity contribution is 6.10. The number of anilines is 1. The Kier molecular flexibility index (Phi) is 5.12. The highest BCUT2D eigenvalue weighted by atomic mass is 16.2. The number of carbonyl (C=O) groups excluding carboxylic acids is 3. The first kappa shape index (κ1) is 19.0. The first-order valence-electron chi connectivity index (χ1n) is 10.5. The Bertz CT molecular complexity index is 760. The molecule has 3 fully saturated rings. The van der Waals surface area contributed by atoms with Crippen LogP contribution in [-0.4, -0.2) is 44.6 Å². The predicted octanol–water partition coefficient (Wildman–Crippen LogP) is 2.83. The molecule has 1 aromatic heterocycles. The van der Waals surface area contributed by atoms with E-state index in [1.54, 1.807) is 12.3 Å². The topological polar surface area (TPSA) is 96.3 Å². The summed E-state index contributed by atoms with van der Waals surface area (Å²) in [6.07, 6.45) is 10.4.